The number of hydrogen-bond acceptors (Lipinski definition) is 2. The Balaban J connectivity index is 1.76. The molecule has 2 amide bonds. The van der Waals surface area contributed by atoms with Gasteiger partial charge in [-0.25, -0.2) is 4.39 Å². The van der Waals surface area contributed by atoms with E-state index < -0.39 is 11.3 Å². The van der Waals surface area contributed by atoms with Crippen LogP contribution in [0.2, 0.25) is 10.0 Å². The molecule has 0 saturated heterocycles. The Labute approximate surface area is 173 Å². The summed E-state index contributed by atoms with van der Waals surface area (Å²) >= 11 is 12.2. The van der Waals surface area contributed by atoms with Crippen molar-refractivity contribution in [2.24, 2.45) is 0 Å². The molecule has 148 valence electrons. The van der Waals surface area contributed by atoms with Gasteiger partial charge in [-0.05, 0) is 42.7 Å². The van der Waals surface area contributed by atoms with Gasteiger partial charge in [0.05, 0.1) is 27.7 Å². The zero-order valence-electron chi connectivity index (χ0n) is 15.5. The average molecular weight is 423 g/mol. The number of carbonyl (C=O) groups excluding carboxylic acids is 2. The second-order valence-electron chi connectivity index (χ2n) is 7.11. The highest BCUT2D eigenvalue weighted by molar-refractivity contribution is 6.39. The lowest BCUT2D eigenvalue weighted by Gasteiger charge is -2.32. The minimum absolute atomic E-state index is 0.155. The van der Waals surface area contributed by atoms with E-state index in [4.69, 9.17) is 23.2 Å². The van der Waals surface area contributed by atoms with Crippen LogP contribution in [0.3, 0.4) is 0 Å². The van der Waals surface area contributed by atoms with Crippen LogP contribution in [-0.2, 0) is 15.0 Å². The van der Waals surface area contributed by atoms with Crippen molar-refractivity contribution in [1.82, 2.24) is 4.90 Å². The predicted molar refractivity (Wildman–Crippen MR) is 109 cm³/mol. The van der Waals surface area contributed by atoms with Gasteiger partial charge in [-0.3, -0.25) is 9.59 Å². The van der Waals surface area contributed by atoms with E-state index in [1.165, 1.54) is 17.0 Å². The maximum atomic E-state index is 13.8. The van der Waals surface area contributed by atoms with Gasteiger partial charge in [0, 0.05) is 7.05 Å². The lowest BCUT2D eigenvalue weighted by atomic mass is 9.77. The van der Waals surface area contributed by atoms with Gasteiger partial charge in [-0.15, -0.1) is 0 Å². The van der Waals surface area contributed by atoms with Crippen molar-refractivity contribution >= 4 is 40.7 Å². The highest BCUT2D eigenvalue weighted by atomic mass is 35.5. The fraction of sp³-hybridized carbons (Fsp3) is 0.333. The lowest BCUT2D eigenvalue weighted by molar-refractivity contribution is -0.138. The van der Waals surface area contributed by atoms with E-state index in [2.05, 4.69) is 5.32 Å². The normalized spacial score (nSPS) is 15.3. The fourth-order valence-electron chi connectivity index (χ4n) is 3.84. The molecule has 0 aliphatic heterocycles. The Morgan fingerprint density at radius 2 is 1.71 bits per heavy atom. The monoisotopic (exact) mass is 422 g/mol. The first-order chi connectivity index (χ1) is 13.3. The van der Waals surface area contributed by atoms with E-state index in [1.54, 1.807) is 37.4 Å². The molecule has 1 aliphatic carbocycles. The number of para-hydroxylation sites is 1. The quantitative estimate of drug-likeness (QED) is 0.733. The smallest absolute Gasteiger partial charge is 0.244 e. The molecule has 0 spiro atoms. The lowest BCUT2D eigenvalue weighted by Crippen LogP contribution is -2.46. The molecule has 0 unspecified atom stereocenters. The van der Waals surface area contributed by atoms with Crippen LogP contribution in [0, 0.1) is 5.82 Å². The van der Waals surface area contributed by atoms with Crippen LogP contribution in [0.15, 0.2) is 42.5 Å². The number of rotatable bonds is 5. The van der Waals surface area contributed by atoms with Gasteiger partial charge in [0.2, 0.25) is 11.8 Å². The van der Waals surface area contributed by atoms with Gasteiger partial charge in [-0.1, -0.05) is 54.2 Å². The summed E-state index contributed by atoms with van der Waals surface area (Å²) < 4.78 is 13.8. The second-order valence-corrected chi connectivity index (χ2v) is 7.92. The number of halogens is 3. The third kappa shape index (κ3) is 4.15. The number of benzene rings is 2. The zero-order chi connectivity index (χ0) is 20.3. The average Bonchev–Trinajstić information content (AvgIpc) is 3.15. The molecule has 0 radical (unpaired) electrons. The number of anilines is 1. The van der Waals surface area contributed by atoms with Gasteiger partial charge in [0.25, 0.3) is 0 Å². The summed E-state index contributed by atoms with van der Waals surface area (Å²) in [7, 11) is 1.58. The first-order valence-electron chi connectivity index (χ1n) is 9.09. The van der Waals surface area contributed by atoms with E-state index in [0.717, 1.165) is 12.8 Å². The Morgan fingerprint density at radius 1 is 1.11 bits per heavy atom. The van der Waals surface area contributed by atoms with Crippen LogP contribution in [0.4, 0.5) is 10.1 Å². The molecular formula is C21H21Cl2FN2O2. The maximum Gasteiger partial charge on any atom is 0.244 e. The van der Waals surface area contributed by atoms with Crippen molar-refractivity contribution in [2.75, 3.05) is 18.9 Å². The third-order valence-electron chi connectivity index (χ3n) is 5.20. The Bertz CT molecular complexity index is 877. The minimum Gasteiger partial charge on any atom is -0.336 e. The SMILES string of the molecule is CN(CC(=O)Nc1c(Cl)cccc1Cl)C(=O)C1(c2cccc(F)c2)CCCC1. The topological polar surface area (TPSA) is 49.4 Å². The fourth-order valence-corrected chi connectivity index (χ4v) is 4.33. The van der Waals surface area contributed by atoms with Crippen LogP contribution in [0.25, 0.3) is 0 Å². The molecule has 1 N–H and O–H groups in total. The molecule has 0 bridgehead atoms. The number of nitrogens with one attached hydrogen (secondary N) is 1. The van der Waals surface area contributed by atoms with Crippen LogP contribution in [0.1, 0.15) is 31.2 Å². The predicted octanol–water partition coefficient (Wildman–Crippen LogP) is 5.04. The number of nitrogens with zero attached hydrogens (tertiary/aromatic N) is 1. The van der Waals surface area contributed by atoms with E-state index in [9.17, 15) is 14.0 Å². The van der Waals surface area contributed by atoms with Crippen molar-refractivity contribution in [3.63, 3.8) is 0 Å². The second kappa shape index (κ2) is 8.50. The van der Waals surface area contributed by atoms with Crippen molar-refractivity contribution < 1.29 is 14.0 Å². The zero-order valence-corrected chi connectivity index (χ0v) is 17.0. The summed E-state index contributed by atoms with van der Waals surface area (Å²) in [5, 5.41) is 3.30. The van der Waals surface area contributed by atoms with E-state index in [0.29, 0.717) is 34.1 Å². The number of carbonyl (C=O) groups is 2. The van der Waals surface area contributed by atoms with Crippen molar-refractivity contribution in [2.45, 2.75) is 31.1 Å². The van der Waals surface area contributed by atoms with Crippen LogP contribution < -0.4 is 5.32 Å². The summed E-state index contributed by atoms with van der Waals surface area (Å²) in [6, 6.07) is 11.1. The van der Waals surface area contributed by atoms with Gasteiger partial charge >= 0.3 is 0 Å². The largest absolute Gasteiger partial charge is 0.336 e. The highest BCUT2D eigenvalue weighted by Gasteiger charge is 2.44. The Kier molecular flexibility index (Phi) is 6.26. The van der Waals surface area contributed by atoms with Crippen LogP contribution in [0.5, 0.6) is 0 Å². The molecule has 1 saturated carbocycles. The number of amides is 2. The first kappa shape index (κ1) is 20.6. The molecule has 7 heteroatoms. The number of hydrogen-bond donors (Lipinski definition) is 1. The van der Waals surface area contributed by atoms with Crippen molar-refractivity contribution in [3.8, 4) is 0 Å². The molecule has 3 rings (SSSR count). The molecular weight excluding hydrogens is 402 g/mol. The molecule has 2 aromatic carbocycles. The molecule has 0 aromatic heterocycles. The van der Waals surface area contributed by atoms with Crippen LogP contribution >= 0.6 is 23.2 Å². The van der Waals surface area contributed by atoms with Crippen LogP contribution in [-0.4, -0.2) is 30.3 Å². The van der Waals surface area contributed by atoms with Crippen molar-refractivity contribution in [3.05, 3.63) is 63.9 Å². The van der Waals surface area contributed by atoms with E-state index in [-0.39, 0.29) is 18.3 Å². The molecule has 4 nitrogen and oxygen atoms in total. The summed E-state index contributed by atoms with van der Waals surface area (Å²) in [4.78, 5) is 27.1. The van der Waals surface area contributed by atoms with Gasteiger partial charge in [0.15, 0.2) is 0 Å². The Morgan fingerprint density at radius 3 is 2.32 bits per heavy atom. The van der Waals surface area contributed by atoms with Gasteiger partial charge in [0.1, 0.15) is 5.82 Å². The molecule has 28 heavy (non-hydrogen) atoms. The summed E-state index contributed by atoms with van der Waals surface area (Å²) in [5.41, 5.74) is 0.188. The molecule has 0 atom stereocenters. The van der Waals surface area contributed by atoms with Crippen molar-refractivity contribution in [1.29, 1.82) is 0 Å². The summed E-state index contributed by atoms with van der Waals surface area (Å²) in [5.74, 6) is -0.959. The summed E-state index contributed by atoms with van der Waals surface area (Å²) in [6.07, 6.45) is 3.05. The van der Waals surface area contributed by atoms with E-state index in [1.807, 2.05) is 0 Å². The Hall–Kier alpha value is -2.11. The van der Waals surface area contributed by atoms with Gasteiger partial charge in [-0.2, -0.15) is 0 Å². The highest BCUT2D eigenvalue weighted by Crippen LogP contribution is 2.42. The van der Waals surface area contributed by atoms with E-state index >= 15 is 0 Å². The third-order valence-corrected chi connectivity index (χ3v) is 5.83. The minimum atomic E-state index is -0.792. The molecule has 1 aliphatic rings. The number of likely N-dealkylation sites (N-methyl/N-ethyl adjacent to an activating group) is 1. The molecule has 1 fully saturated rings. The summed E-state index contributed by atoms with van der Waals surface area (Å²) in [6.45, 7) is -0.155. The van der Waals surface area contributed by atoms with Gasteiger partial charge < -0.3 is 10.2 Å². The standard InChI is InChI=1S/C21H21Cl2FN2O2/c1-26(13-18(27)25-19-16(22)8-5-9-17(19)23)20(28)21(10-2-3-11-21)14-6-4-7-15(24)12-14/h4-9,12H,2-3,10-11,13H2,1H3,(H,25,27). The molecule has 0 heterocycles. The maximum absolute atomic E-state index is 13.8. The first-order valence-corrected chi connectivity index (χ1v) is 9.84. The molecule has 2 aromatic rings.